The molecule has 0 bridgehead atoms. The summed E-state index contributed by atoms with van der Waals surface area (Å²) in [5.41, 5.74) is -4.09. The standard InChI is InChI=1S/C18H24F3N5O5S/c1-4-25(5-2)32(30,31)13-6-7-14(15(12-13)26(28)29)22-9-8-17(27,18(19,20)21)16-23-10-11-24(16)3/h6-7,10-12,22,27H,4-5,8-9H2,1-3H3. The molecule has 2 rings (SSSR count). The van der Waals surface area contributed by atoms with E-state index in [4.69, 9.17) is 0 Å². The zero-order chi connectivity index (χ0) is 24.3. The number of hydrogen-bond donors (Lipinski definition) is 2. The number of aromatic nitrogens is 2. The summed E-state index contributed by atoms with van der Waals surface area (Å²) in [6, 6.07) is 3.10. The van der Waals surface area contributed by atoms with Gasteiger partial charge in [0.25, 0.3) is 5.69 Å². The van der Waals surface area contributed by atoms with Crippen LogP contribution in [-0.4, -0.2) is 58.1 Å². The van der Waals surface area contributed by atoms with E-state index < -0.39 is 51.2 Å². The third-order valence-corrected chi connectivity index (χ3v) is 7.02. The first-order valence-electron chi connectivity index (χ1n) is 9.59. The fraction of sp³-hybridized carbons (Fsp3) is 0.500. The highest BCUT2D eigenvalue weighted by Crippen LogP contribution is 2.41. The van der Waals surface area contributed by atoms with Crippen molar-refractivity contribution in [2.45, 2.75) is 36.9 Å². The Morgan fingerprint density at radius 2 is 1.91 bits per heavy atom. The van der Waals surface area contributed by atoms with Gasteiger partial charge in [-0.3, -0.25) is 10.1 Å². The van der Waals surface area contributed by atoms with Crippen molar-refractivity contribution in [3.05, 3.63) is 46.5 Å². The van der Waals surface area contributed by atoms with Crippen molar-refractivity contribution in [1.82, 2.24) is 13.9 Å². The lowest BCUT2D eigenvalue weighted by molar-refractivity contribution is -0.384. The second kappa shape index (κ2) is 9.42. The predicted octanol–water partition coefficient (Wildman–Crippen LogP) is 2.61. The number of alkyl halides is 3. The Balaban J connectivity index is 2.31. The fourth-order valence-electron chi connectivity index (χ4n) is 3.21. The van der Waals surface area contributed by atoms with Crippen molar-refractivity contribution < 1.29 is 31.6 Å². The van der Waals surface area contributed by atoms with Crippen LogP contribution in [0.1, 0.15) is 26.1 Å². The molecule has 32 heavy (non-hydrogen) atoms. The number of sulfonamides is 1. The molecule has 0 amide bonds. The molecule has 0 saturated heterocycles. The molecule has 1 unspecified atom stereocenters. The van der Waals surface area contributed by atoms with E-state index in [0.717, 1.165) is 33.3 Å². The van der Waals surface area contributed by atoms with Crippen molar-refractivity contribution in [2.24, 2.45) is 7.05 Å². The van der Waals surface area contributed by atoms with Gasteiger partial charge in [0.1, 0.15) is 11.5 Å². The maximum absolute atomic E-state index is 13.6. The van der Waals surface area contributed by atoms with Crippen LogP contribution in [0.3, 0.4) is 0 Å². The quantitative estimate of drug-likeness (QED) is 0.396. The molecule has 2 N–H and O–H groups in total. The van der Waals surface area contributed by atoms with Crippen LogP contribution >= 0.6 is 0 Å². The van der Waals surface area contributed by atoms with Gasteiger partial charge in [-0.1, -0.05) is 13.8 Å². The van der Waals surface area contributed by atoms with Gasteiger partial charge in [0.15, 0.2) is 0 Å². The highest BCUT2D eigenvalue weighted by atomic mass is 32.2. The molecule has 0 fully saturated rings. The number of nitrogens with zero attached hydrogens (tertiary/aromatic N) is 4. The van der Waals surface area contributed by atoms with E-state index in [9.17, 15) is 36.8 Å². The average molecular weight is 479 g/mol. The van der Waals surface area contributed by atoms with Crippen LogP contribution < -0.4 is 5.32 Å². The van der Waals surface area contributed by atoms with E-state index in [2.05, 4.69) is 10.3 Å². The lowest BCUT2D eigenvalue weighted by Crippen LogP contribution is -2.45. The van der Waals surface area contributed by atoms with Gasteiger partial charge in [-0.05, 0) is 12.1 Å². The number of aliphatic hydroxyl groups is 1. The molecule has 2 aromatic rings. The number of nitro benzene ring substituents is 1. The molecule has 0 aliphatic carbocycles. The number of benzene rings is 1. The molecule has 0 radical (unpaired) electrons. The highest BCUT2D eigenvalue weighted by molar-refractivity contribution is 7.89. The summed E-state index contributed by atoms with van der Waals surface area (Å²) >= 11 is 0. The van der Waals surface area contributed by atoms with Gasteiger partial charge in [-0.2, -0.15) is 17.5 Å². The maximum Gasteiger partial charge on any atom is 0.424 e. The van der Waals surface area contributed by atoms with Crippen LogP contribution in [0.15, 0.2) is 35.5 Å². The van der Waals surface area contributed by atoms with Gasteiger partial charge >= 0.3 is 6.18 Å². The summed E-state index contributed by atoms with van der Waals surface area (Å²) in [4.78, 5) is 13.9. The molecule has 0 aliphatic rings. The Morgan fingerprint density at radius 3 is 2.38 bits per heavy atom. The normalized spacial score (nSPS) is 14.4. The third-order valence-electron chi connectivity index (χ3n) is 4.97. The van der Waals surface area contributed by atoms with E-state index in [1.165, 1.54) is 13.2 Å². The van der Waals surface area contributed by atoms with Crippen LogP contribution in [0.25, 0.3) is 0 Å². The van der Waals surface area contributed by atoms with Crippen molar-refractivity contribution in [2.75, 3.05) is 25.0 Å². The summed E-state index contributed by atoms with van der Waals surface area (Å²) in [5.74, 6) is -0.623. The van der Waals surface area contributed by atoms with Gasteiger partial charge in [-0.25, -0.2) is 13.4 Å². The highest BCUT2D eigenvalue weighted by Gasteiger charge is 2.57. The van der Waals surface area contributed by atoms with E-state index >= 15 is 0 Å². The van der Waals surface area contributed by atoms with Gasteiger partial charge in [0, 0.05) is 51.6 Å². The number of hydrogen-bond acceptors (Lipinski definition) is 7. The molecule has 0 saturated carbocycles. The molecule has 1 heterocycles. The van der Waals surface area contributed by atoms with E-state index in [0.29, 0.717) is 0 Å². The van der Waals surface area contributed by atoms with Crippen LogP contribution in [-0.2, 0) is 22.7 Å². The topological polar surface area (TPSA) is 131 Å². The first kappa shape index (κ1) is 25.5. The summed E-state index contributed by atoms with van der Waals surface area (Å²) < 4.78 is 68.2. The van der Waals surface area contributed by atoms with Gasteiger partial charge < -0.3 is 15.0 Å². The number of nitro groups is 1. The van der Waals surface area contributed by atoms with E-state index in [1.54, 1.807) is 13.8 Å². The van der Waals surface area contributed by atoms with E-state index in [1.807, 2.05) is 0 Å². The number of nitrogens with one attached hydrogen (secondary N) is 1. The Morgan fingerprint density at radius 1 is 1.28 bits per heavy atom. The molecule has 1 aromatic carbocycles. The van der Waals surface area contributed by atoms with Crippen molar-refractivity contribution in [3.8, 4) is 0 Å². The molecule has 1 aromatic heterocycles. The number of rotatable bonds is 10. The zero-order valence-electron chi connectivity index (χ0n) is 17.6. The molecule has 0 spiro atoms. The number of anilines is 1. The van der Waals surface area contributed by atoms with Crippen LogP contribution in [0, 0.1) is 10.1 Å². The van der Waals surface area contributed by atoms with Crippen LogP contribution in [0.5, 0.6) is 0 Å². The first-order chi connectivity index (χ1) is 14.8. The van der Waals surface area contributed by atoms with Crippen LogP contribution in [0.2, 0.25) is 0 Å². The third kappa shape index (κ3) is 4.86. The summed E-state index contributed by atoms with van der Waals surface area (Å²) in [6.45, 7) is 3.06. The average Bonchev–Trinajstić information content (AvgIpc) is 3.14. The monoisotopic (exact) mass is 479 g/mol. The van der Waals surface area contributed by atoms with Crippen molar-refractivity contribution >= 4 is 21.4 Å². The van der Waals surface area contributed by atoms with Crippen molar-refractivity contribution in [1.29, 1.82) is 0 Å². The predicted molar refractivity (Wildman–Crippen MR) is 109 cm³/mol. The van der Waals surface area contributed by atoms with Gasteiger partial charge in [0.2, 0.25) is 15.6 Å². The Hall–Kier alpha value is -2.71. The Kier molecular flexibility index (Phi) is 7.52. The number of aryl methyl sites for hydroxylation is 1. The summed E-state index contributed by atoms with van der Waals surface area (Å²) in [5, 5.41) is 24.3. The van der Waals surface area contributed by atoms with Crippen LogP contribution in [0.4, 0.5) is 24.5 Å². The molecule has 1 atom stereocenters. The number of imidazole rings is 1. The second-order valence-electron chi connectivity index (χ2n) is 6.92. The number of halogens is 3. The summed E-state index contributed by atoms with van der Waals surface area (Å²) in [6.07, 6.45) is -3.59. The SMILES string of the molecule is CCN(CC)S(=O)(=O)c1ccc(NCCC(O)(c2nccn2C)C(F)(F)F)c([N+](=O)[O-])c1. The molecule has 0 aliphatic heterocycles. The minimum atomic E-state index is -5.05. The summed E-state index contributed by atoms with van der Waals surface area (Å²) in [7, 11) is -2.67. The second-order valence-corrected chi connectivity index (χ2v) is 8.86. The molecular formula is C18H24F3N5O5S. The Bertz CT molecular complexity index is 1070. The van der Waals surface area contributed by atoms with Crippen molar-refractivity contribution in [3.63, 3.8) is 0 Å². The van der Waals surface area contributed by atoms with Gasteiger partial charge in [-0.15, -0.1) is 0 Å². The molecular weight excluding hydrogens is 455 g/mol. The molecule has 14 heteroatoms. The minimum Gasteiger partial charge on any atom is -0.379 e. The fourth-order valence-corrected chi connectivity index (χ4v) is 4.69. The smallest absolute Gasteiger partial charge is 0.379 e. The molecule has 10 nitrogen and oxygen atoms in total. The maximum atomic E-state index is 13.6. The zero-order valence-corrected chi connectivity index (χ0v) is 18.4. The lowest BCUT2D eigenvalue weighted by atomic mass is 9.97. The first-order valence-corrected chi connectivity index (χ1v) is 11.0. The van der Waals surface area contributed by atoms with E-state index in [-0.39, 0.29) is 23.7 Å². The minimum absolute atomic E-state index is 0.163. The van der Waals surface area contributed by atoms with Gasteiger partial charge in [0.05, 0.1) is 9.82 Å². The lowest BCUT2D eigenvalue weighted by Gasteiger charge is -2.30. The largest absolute Gasteiger partial charge is 0.424 e. The molecule has 178 valence electrons. The Labute approximate surface area is 182 Å².